The Kier molecular flexibility index (Phi) is 4.20. The van der Waals surface area contributed by atoms with Gasteiger partial charge in [-0.2, -0.15) is 0 Å². The third-order valence-electron chi connectivity index (χ3n) is 4.04. The molecule has 0 saturated carbocycles. The van der Waals surface area contributed by atoms with Crippen LogP contribution in [0, 0.1) is 5.82 Å². The Labute approximate surface area is 130 Å². The summed E-state index contributed by atoms with van der Waals surface area (Å²) in [7, 11) is 3.72. The second kappa shape index (κ2) is 6.28. The molecular weight excluding hydrogens is 279 g/mol. The van der Waals surface area contributed by atoms with Crippen molar-refractivity contribution in [3.8, 4) is 0 Å². The minimum Gasteiger partial charge on any atom is -0.382 e. The van der Waals surface area contributed by atoms with E-state index in [-0.39, 0.29) is 11.9 Å². The van der Waals surface area contributed by atoms with Crippen molar-refractivity contribution in [2.45, 2.75) is 6.04 Å². The van der Waals surface area contributed by atoms with Gasteiger partial charge < -0.3 is 9.64 Å². The van der Waals surface area contributed by atoms with Gasteiger partial charge in [-0.05, 0) is 18.2 Å². The first-order valence-corrected chi connectivity index (χ1v) is 7.33. The smallest absolute Gasteiger partial charge is 0.132 e. The van der Waals surface area contributed by atoms with Crippen molar-refractivity contribution in [2.24, 2.45) is 4.99 Å². The second-order valence-electron chi connectivity index (χ2n) is 5.41. The molecule has 0 radical (unpaired) electrons. The lowest BCUT2D eigenvalue weighted by molar-refractivity contribution is 0.180. The van der Waals surface area contributed by atoms with E-state index in [1.807, 2.05) is 37.4 Å². The number of hydrogen-bond acceptors (Lipinski definition) is 3. The van der Waals surface area contributed by atoms with E-state index in [4.69, 9.17) is 9.73 Å². The average Bonchev–Trinajstić information content (AvgIpc) is 2.67. The van der Waals surface area contributed by atoms with E-state index in [0.717, 1.165) is 11.3 Å². The monoisotopic (exact) mass is 298 g/mol. The molecule has 2 aromatic carbocycles. The standard InChI is InChI=1S/C18H19FN2O/c1-21-13(12-22-2)11-20-18(14-7-3-5-9-16(14)19)15-8-4-6-10-17(15)21/h3-10,13H,11-12H2,1-2H3. The SMILES string of the molecule is COCC1CN=C(c2ccccc2F)c2ccccc2N1C. The van der Waals surface area contributed by atoms with Crippen molar-refractivity contribution in [1.29, 1.82) is 0 Å². The zero-order chi connectivity index (χ0) is 15.5. The van der Waals surface area contributed by atoms with E-state index < -0.39 is 0 Å². The van der Waals surface area contributed by atoms with Crippen LogP contribution in [0.2, 0.25) is 0 Å². The minimum atomic E-state index is -0.246. The molecule has 0 saturated heterocycles. The lowest BCUT2D eigenvalue weighted by atomic mass is 10.00. The Morgan fingerprint density at radius 2 is 1.82 bits per heavy atom. The third-order valence-corrected chi connectivity index (χ3v) is 4.04. The summed E-state index contributed by atoms with van der Waals surface area (Å²) in [6, 6.07) is 14.9. The van der Waals surface area contributed by atoms with Crippen LogP contribution in [0.3, 0.4) is 0 Å². The molecule has 4 heteroatoms. The fourth-order valence-electron chi connectivity index (χ4n) is 2.82. The van der Waals surface area contributed by atoms with E-state index >= 15 is 0 Å². The molecule has 0 aromatic heterocycles. The van der Waals surface area contributed by atoms with Crippen molar-refractivity contribution >= 4 is 11.4 Å². The van der Waals surface area contributed by atoms with E-state index in [9.17, 15) is 4.39 Å². The van der Waals surface area contributed by atoms with Gasteiger partial charge in [-0.25, -0.2) is 4.39 Å². The number of benzene rings is 2. The Morgan fingerprint density at radius 3 is 2.55 bits per heavy atom. The Hall–Kier alpha value is -2.20. The molecule has 0 fully saturated rings. The first-order valence-electron chi connectivity index (χ1n) is 7.33. The Balaban J connectivity index is 2.14. The first kappa shape index (κ1) is 14.7. The lowest BCUT2D eigenvalue weighted by Crippen LogP contribution is -2.37. The van der Waals surface area contributed by atoms with Crippen molar-refractivity contribution in [3.05, 3.63) is 65.5 Å². The number of likely N-dealkylation sites (N-methyl/N-ethyl adjacent to an activating group) is 1. The molecule has 114 valence electrons. The van der Waals surface area contributed by atoms with Gasteiger partial charge in [0.25, 0.3) is 0 Å². The molecule has 0 aliphatic carbocycles. The molecule has 1 atom stereocenters. The lowest BCUT2D eigenvalue weighted by Gasteiger charge is -2.28. The number of aliphatic imine (C=N–C) groups is 1. The highest BCUT2D eigenvalue weighted by Gasteiger charge is 2.24. The zero-order valence-corrected chi connectivity index (χ0v) is 12.8. The number of methoxy groups -OCH3 is 1. The van der Waals surface area contributed by atoms with Crippen LogP contribution in [0.1, 0.15) is 11.1 Å². The van der Waals surface area contributed by atoms with Crippen LogP contribution >= 0.6 is 0 Å². The molecule has 0 spiro atoms. The Morgan fingerprint density at radius 1 is 1.14 bits per heavy atom. The molecule has 1 aliphatic heterocycles. The summed E-state index contributed by atoms with van der Waals surface area (Å²) < 4.78 is 19.5. The van der Waals surface area contributed by atoms with E-state index in [0.29, 0.717) is 24.4 Å². The van der Waals surface area contributed by atoms with Gasteiger partial charge in [0, 0.05) is 31.0 Å². The summed E-state index contributed by atoms with van der Waals surface area (Å²) in [5.74, 6) is -0.246. The van der Waals surface area contributed by atoms with Gasteiger partial charge in [0.05, 0.1) is 24.9 Å². The Bertz CT molecular complexity index is 699. The molecule has 3 nitrogen and oxygen atoms in total. The van der Waals surface area contributed by atoms with Gasteiger partial charge in [-0.3, -0.25) is 4.99 Å². The number of anilines is 1. The third kappa shape index (κ3) is 2.62. The van der Waals surface area contributed by atoms with E-state index in [1.54, 1.807) is 19.2 Å². The first-order chi connectivity index (χ1) is 10.7. The highest BCUT2D eigenvalue weighted by molar-refractivity contribution is 6.16. The molecule has 0 bridgehead atoms. The van der Waals surface area contributed by atoms with Crippen molar-refractivity contribution in [2.75, 3.05) is 32.2 Å². The van der Waals surface area contributed by atoms with Gasteiger partial charge >= 0.3 is 0 Å². The van der Waals surface area contributed by atoms with Gasteiger partial charge in [-0.1, -0.05) is 30.3 Å². The number of hydrogen-bond donors (Lipinski definition) is 0. The van der Waals surface area contributed by atoms with Crippen LogP contribution in [-0.2, 0) is 4.74 Å². The zero-order valence-electron chi connectivity index (χ0n) is 12.8. The molecular formula is C18H19FN2O. The summed E-state index contributed by atoms with van der Waals surface area (Å²) in [4.78, 5) is 6.86. The van der Waals surface area contributed by atoms with E-state index in [1.165, 1.54) is 6.07 Å². The molecule has 1 unspecified atom stereocenters. The number of para-hydroxylation sites is 1. The van der Waals surface area contributed by atoms with Crippen LogP contribution in [0.15, 0.2) is 53.5 Å². The predicted octanol–water partition coefficient (Wildman–Crippen LogP) is 3.13. The molecule has 1 aliphatic rings. The predicted molar refractivity (Wildman–Crippen MR) is 87.4 cm³/mol. The molecule has 3 rings (SSSR count). The highest BCUT2D eigenvalue weighted by Crippen LogP contribution is 2.28. The molecule has 22 heavy (non-hydrogen) atoms. The van der Waals surface area contributed by atoms with Gasteiger partial charge in [0.1, 0.15) is 5.82 Å². The maximum absolute atomic E-state index is 14.2. The molecule has 0 N–H and O–H groups in total. The molecule has 0 amide bonds. The minimum absolute atomic E-state index is 0.135. The summed E-state index contributed by atoms with van der Waals surface area (Å²) in [5, 5.41) is 0. The summed E-state index contributed by atoms with van der Waals surface area (Å²) >= 11 is 0. The fraction of sp³-hybridized carbons (Fsp3) is 0.278. The average molecular weight is 298 g/mol. The fourth-order valence-corrected chi connectivity index (χ4v) is 2.82. The maximum Gasteiger partial charge on any atom is 0.132 e. The number of ether oxygens (including phenoxy) is 1. The maximum atomic E-state index is 14.2. The van der Waals surface area contributed by atoms with Gasteiger partial charge in [0.2, 0.25) is 0 Å². The van der Waals surface area contributed by atoms with Crippen molar-refractivity contribution < 1.29 is 9.13 Å². The number of halogens is 1. The summed E-state index contributed by atoms with van der Waals surface area (Å²) in [5.41, 5.74) is 3.25. The van der Waals surface area contributed by atoms with Crippen LogP contribution in [0.25, 0.3) is 0 Å². The largest absolute Gasteiger partial charge is 0.382 e. The normalized spacial score (nSPS) is 17.7. The van der Waals surface area contributed by atoms with Gasteiger partial charge in [0.15, 0.2) is 0 Å². The number of benzodiazepines with no additional fused rings is 1. The second-order valence-corrected chi connectivity index (χ2v) is 5.41. The van der Waals surface area contributed by atoms with Crippen molar-refractivity contribution in [1.82, 2.24) is 0 Å². The van der Waals surface area contributed by atoms with Crippen LogP contribution in [0.5, 0.6) is 0 Å². The van der Waals surface area contributed by atoms with Crippen molar-refractivity contribution in [3.63, 3.8) is 0 Å². The van der Waals surface area contributed by atoms with Crippen LogP contribution in [-0.4, -0.2) is 39.1 Å². The van der Waals surface area contributed by atoms with Crippen LogP contribution in [0.4, 0.5) is 10.1 Å². The molecule has 2 aromatic rings. The van der Waals surface area contributed by atoms with Gasteiger partial charge in [-0.15, -0.1) is 0 Å². The topological polar surface area (TPSA) is 24.8 Å². The number of fused-ring (bicyclic) bond motifs is 1. The molecule has 1 heterocycles. The summed E-state index contributed by atoms with van der Waals surface area (Å²) in [6.07, 6.45) is 0. The van der Waals surface area contributed by atoms with Crippen LogP contribution < -0.4 is 4.90 Å². The number of rotatable bonds is 3. The summed E-state index contributed by atoms with van der Waals surface area (Å²) in [6.45, 7) is 1.15. The quantitative estimate of drug-likeness (QED) is 0.869. The van der Waals surface area contributed by atoms with E-state index in [2.05, 4.69) is 4.90 Å². The highest BCUT2D eigenvalue weighted by atomic mass is 19.1. The number of nitrogens with zero attached hydrogens (tertiary/aromatic N) is 2.